The fraction of sp³-hybridized carbons (Fsp3) is 0.250. The number of rotatable bonds is 3. The number of anilines is 1. The first-order valence-corrected chi connectivity index (χ1v) is 6.73. The summed E-state index contributed by atoms with van der Waals surface area (Å²) in [6.07, 6.45) is 0.904. The number of phenols is 1. The average molecular weight is 271 g/mol. The number of ether oxygens (including phenoxy) is 2. The fourth-order valence-electron chi connectivity index (χ4n) is 2.14. The molecular formula is C16H17NO3. The van der Waals surface area contributed by atoms with E-state index in [1.54, 1.807) is 12.1 Å². The summed E-state index contributed by atoms with van der Waals surface area (Å²) in [7, 11) is 0. The molecule has 2 N–H and O–H groups in total. The molecule has 4 nitrogen and oxygen atoms in total. The van der Waals surface area contributed by atoms with E-state index < -0.39 is 0 Å². The largest absolute Gasteiger partial charge is 0.508 e. The Hall–Kier alpha value is -2.36. The molecule has 104 valence electrons. The summed E-state index contributed by atoms with van der Waals surface area (Å²) in [4.78, 5) is 0. The minimum atomic E-state index is 0.281. The smallest absolute Gasteiger partial charge is 0.163 e. The van der Waals surface area contributed by atoms with Crippen molar-refractivity contribution in [2.24, 2.45) is 0 Å². The molecule has 0 unspecified atom stereocenters. The first kappa shape index (κ1) is 12.7. The van der Waals surface area contributed by atoms with Crippen LogP contribution in [0.5, 0.6) is 17.2 Å². The molecule has 0 aliphatic carbocycles. The molecule has 0 saturated heterocycles. The van der Waals surface area contributed by atoms with Gasteiger partial charge in [-0.3, -0.25) is 0 Å². The van der Waals surface area contributed by atoms with Gasteiger partial charge >= 0.3 is 0 Å². The van der Waals surface area contributed by atoms with Crippen molar-refractivity contribution in [2.75, 3.05) is 18.5 Å². The van der Waals surface area contributed by atoms with Gasteiger partial charge in [0.05, 0.1) is 13.2 Å². The van der Waals surface area contributed by atoms with Crippen molar-refractivity contribution in [3.05, 3.63) is 48.0 Å². The molecule has 1 aliphatic heterocycles. The average Bonchev–Trinajstić information content (AvgIpc) is 2.70. The van der Waals surface area contributed by atoms with Gasteiger partial charge in [-0.2, -0.15) is 0 Å². The van der Waals surface area contributed by atoms with E-state index in [4.69, 9.17) is 9.47 Å². The maximum absolute atomic E-state index is 9.44. The van der Waals surface area contributed by atoms with Crippen molar-refractivity contribution in [1.82, 2.24) is 0 Å². The van der Waals surface area contributed by atoms with Crippen LogP contribution in [0.1, 0.15) is 12.0 Å². The zero-order valence-electron chi connectivity index (χ0n) is 11.1. The molecule has 0 bridgehead atoms. The minimum absolute atomic E-state index is 0.281. The Bertz CT molecular complexity index is 598. The second-order valence-electron chi connectivity index (χ2n) is 4.74. The molecule has 0 saturated carbocycles. The molecular weight excluding hydrogens is 254 g/mol. The Labute approximate surface area is 118 Å². The maximum atomic E-state index is 9.44. The van der Waals surface area contributed by atoms with E-state index >= 15 is 0 Å². The quantitative estimate of drug-likeness (QED) is 0.900. The number of fused-ring (bicyclic) bond motifs is 1. The van der Waals surface area contributed by atoms with Crippen LogP contribution in [0.15, 0.2) is 42.5 Å². The van der Waals surface area contributed by atoms with Gasteiger partial charge in [0.15, 0.2) is 11.5 Å². The number of nitrogens with one attached hydrogen (secondary N) is 1. The highest BCUT2D eigenvalue weighted by molar-refractivity contribution is 5.55. The van der Waals surface area contributed by atoms with Crippen molar-refractivity contribution in [3.63, 3.8) is 0 Å². The van der Waals surface area contributed by atoms with Gasteiger partial charge < -0.3 is 19.9 Å². The molecule has 0 atom stereocenters. The van der Waals surface area contributed by atoms with Crippen LogP contribution in [0.25, 0.3) is 0 Å². The van der Waals surface area contributed by atoms with Gasteiger partial charge in [-0.05, 0) is 29.8 Å². The van der Waals surface area contributed by atoms with E-state index in [2.05, 4.69) is 5.32 Å². The Morgan fingerprint density at radius 3 is 2.70 bits per heavy atom. The molecule has 1 aliphatic rings. The predicted molar refractivity (Wildman–Crippen MR) is 77.5 cm³/mol. The Kier molecular flexibility index (Phi) is 3.63. The van der Waals surface area contributed by atoms with E-state index in [9.17, 15) is 5.11 Å². The summed E-state index contributed by atoms with van der Waals surface area (Å²) in [6.45, 7) is 2.03. The highest BCUT2D eigenvalue weighted by Crippen LogP contribution is 2.32. The monoisotopic (exact) mass is 271 g/mol. The summed E-state index contributed by atoms with van der Waals surface area (Å²) in [5.74, 6) is 1.86. The van der Waals surface area contributed by atoms with E-state index in [-0.39, 0.29) is 5.75 Å². The molecule has 2 aromatic rings. The lowest BCUT2D eigenvalue weighted by Crippen LogP contribution is -2.00. The second-order valence-corrected chi connectivity index (χ2v) is 4.74. The normalized spacial score (nSPS) is 13.6. The third-order valence-electron chi connectivity index (χ3n) is 3.15. The van der Waals surface area contributed by atoms with Gasteiger partial charge in [0, 0.05) is 24.7 Å². The number of phenolic OH excluding ortho intramolecular Hbond substituents is 1. The standard InChI is InChI=1S/C16H17NO3/c18-14-4-1-3-12(9-14)11-17-13-5-6-15-16(10-13)20-8-2-7-19-15/h1,3-6,9-10,17-18H,2,7-8,11H2. The fourth-order valence-corrected chi connectivity index (χ4v) is 2.14. The summed E-state index contributed by atoms with van der Waals surface area (Å²) >= 11 is 0. The van der Waals surface area contributed by atoms with Gasteiger partial charge in [-0.1, -0.05) is 12.1 Å². The Balaban J connectivity index is 1.70. The minimum Gasteiger partial charge on any atom is -0.508 e. The van der Waals surface area contributed by atoms with E-state index in [0.717, 1.165) is 29.2 Å². The highest BCUT2D eigenvalue weighted by Gasteiger charge is 2.10. The van der Waals surface area contributed by atoms with Crippen molar-refractivity contribution in [1.29, 1.82) is 0 Å². The van der Waals surface area contributed by atoms with Crippen molar-refractivity contribution >= 4 is 5.69 Å². The van der Waals surface area contributed by atoms with Crippen LogP contribution in [0.3, 0.4) is 0 Å². The van der Waals surface area contributed by atoms with Crippen molar-refractivity contribution < 1.29 is 14.6 Å². The first-order valence-electron chi connectivity index (χ1n) is 6.73. The van der Waals surface area contributed by atoms with Crippen LogP contribution in [-0.2, 0) is 6.54 Å². The summed E-state index contributed by atoms with van der Waals surface area (Å²) in [6, 6.07) is 13.1. The van der Waals surface area contributed by atoms with Crippen LogP contribution in [0.4, 0.5) is 5.69 Å². The maximum Gasteiger partial charge on any atom is 0.163 e. The molecule has 0 aromatic heterocycles. The molecule has 0 fully saturated rings. The third-order valence-corrected chi connectivity index (χ3v) is 3.15. The van der Waals surface area contributed by atoms with E-state index in [1.165, 1.54) is 0 Å². The number of hydrogen-bond donors (Lipinski definition) is 2. The molecule has 0 spiro atoms. The molecule has 1 heterocycles. The molecule has 2 aromatic carbocycles. The van der Waals surface area contributed by atoms with Gasteiger partial charge in [0.2, 0.25) is 0 Å². The topological polar surface area (TPSA) is 50.7 Å². The first-order chi connectivity index (χ1) is 9.81. The number of hydrogen-bond acceptors (Lipinski definition) is 4. The Morgan fingerprint density at radius 2 is 1.85 bits per heavy atom. The molecule has 20 heavy (non-hydrogen) atoms. The van der Waals surface area contributed by atoms with E-state index in [0.29, 0.717) is 19.8 Å². The van der Waals surface area contributed by atoms with Gasteiger partial charge in [0.25, 0.3) is 0 Å². The van der Waals surface area contributed by atoms with Gasteiger partial charge in [-0.15, -0.1) is 0 Å². The van der Waals surface area contributed by atoms with Crippen LogP contribution >= 0.6 is 0 Å². The Morgan fingerprint density at radius 1 is 1.00 bits per heavy atom. The lowest BCUT2D eigenvalue weighted by Gasteiger charge is -2.11. The third kappa shape index (κ3) is 2.96. The van der Waals surface area contributed by atoms with Crippen LogP contribution in [0.2, 0.25) is 0 Å². The zero-order chi connectivity index (χ0) is 13.8. The van der Waals surface area contributed by atoms with Gasteiger partial charge in [0.1, 0.15) is 5.75 Å². The zero-order valence-corrected chi connectivity index (χ0v) is 11.1. The second kappa shape index (κ2) is 5.74. The molecule has 0 radical (unpaired) electrons. The van der Waals surface area contributed by atoms with Gasteiger partial charge in [-0.25, -0.2) is 0 Å². The van der Waals surface area contributed by atoms with Crippen LogP contribution in [0, 0.1) is 0 Å². The lowest BCUT2D eigenvalue weighted by atomic mass is 10.2. The SMILES string of the molecule is Oc1cccc(CNc2ccc3c(c2)OCCCO3)c1. The summed E-state index contributed by atoms with van der Waals surface area (Å²) in [5, 5.41) is 12.7. The number of aromatic hydroxyl groups is 1. The summed E-state index contributed by atoms with van der Waals surface area (Å²) < 4.78 is 11.3. The molecule has 3 rings (SSSR count). The lowest BCUT2D eigenvalue weighted by molar-refractivity contribution is 0.297. The van der Waals surface area contributed by atoms with E-state index in [1.807, 2.05) is 30.3 Å². The van der Waals surface area contributed by atoms with Crippen LogP contribution in [-0.4, -0.2) is 18.3 Å². The van der Waals surface area contributed by atoms with Crippen LogP contribution < -0.4 is 14.8 Å². The highest BCUT2D eigenvalue weighted by atomic mass is 16.5. The van der Waals surface area contributed by atoms with Crippen molar-refractivity contribution in [2.45, 2.75) is 13.0 Å². The van der Waals surface area contributed by atoms with Crippen molar-refractivity contribution in [3.8, 4) is 17.2 Å². The predicted octanol–water partition coefficient (Wildman–Crippen LogP) is 3.17. The summed E-state index contributed by atoms with van der Waals surface area (Å²) in [5.41, 5.74) is 2.00. The molecule has 4 heteroatoms. The number of benzene rings is 2. The molecule has 0 amide bonds.